The summed E-state index contributed by atoms with van der Waals surface area (Å²) < 4.78 is 6.28. The molecule has 0 aliphatic rings. The molecule has 0 fully saturated rings. The highest BCUT2D eigenvalue weighted by Gasteiger charge is 2.13. The molecule has 0 radical (unpaired) electrons. The van der Waals surface area contributed by atoms with Crippen LogP contribution in [0, 0.1) is 6.92 Å². The summed E-state index contributed by atoms with van der Waals surface area (Å²) in [4.78, 5) is 4.38. The van der Waals surface area contributed by atoms with Crippen molar-refractivity contribution in [2.45, 2.75) is 6.92 Å². The van der Waals surface area contributed by atoms with Crippen LogP contribution in [0.4, 0.5) is 0 Å². The molecule has 4 nitrogen and oxygen atoms in total. The van der Waals surface area contributed by atoms with E-state index >= 15 is 0 Å². The molecule has 0 aliphatic carbocycles. The molecule has 0 unspecified atom stereocenters. The molecule has 20 heavy (non-hydrogen) atoms. The monoisotopic (exact) mass is 330 g/mol. The highest BCUT2D eigenvalue weighted by Crippen LogP contribution is 2.29. The summed E-state index contributed by atoms with van der Waals surface area (Å²) in [6, 6.07) is 12.9. The fourth-order valence-corrected chi connectivity index (χ4v) is 2.17. The molecule has 5 heteroatoms. The molecule has 3 aromatic rings. The Balaban J connectivity index is 2.02. The summed E-state index contributed by atoms with van der Waals surface area (Å²) in [7, 11) is 0. The van der Waals surface area contributed by atoms with Gasteiger partial charge in [-0.05, 0) is 43.3 Å². The molecule has 2 aromatic carbocycles. The second kappa shape index (κ2) is 5.09. The van der Waals surface area contributed by atoms with Crippen molar-refractivity contribution < 1.29 is 9.63 Å². The summed E-state index contributed by atoms with van der Waals surface area (Å²) in [6.07, 6.45) is 0. The Hall–Kier alpha value is -2.14. The van der Waals surface area contributed by atoms with E-state index in [2.05, 4.69) is 26.1 Å². The summed E-state index contributed by atoms with van der Waals surface area (Å²) in [5.74, 6) is 1.14. The van der Waals surface area contributed by atoms with E-state index in [4.69, 9.17) is 4.52 Å². The van der Waals surface area contributed by atoms with Crippen LogP contribution >= 0.6 is 15.9 Å². The standard InChI is InChI=1S/C15H11BrN2O2/c1-9-12(3-2-4-13(9)19)15-17-14(18-20-15)10-5-7-11(16)8-6-10/h2-8,19H,1H3. The Morgan fingerprint density at radius 3 is 2.60 bits per heavy atom. The first-order chi connectivity index (χ1) is 9.65. The molecule has 1 heterocycles. The minimum atomic E-state index is 0.214. The molecule has 0 bridgehead atoms. The molecule has 0 spiro atoms. The highest BCUT2D eigenvalue weighted by molar-refractivity contribution is 9.10. The predicted octanol–water partition coefficient (Wildman–Crippen LogP) is 4.18. The zero-order valence-electron chi connectivity index (χ0n) is 10.7. The van der Waals surface area contributed by atoms with Gasteiger partial charge in [0.25, 0.3) is 5.89 Å². The number of hydrogen-bond acceptors (Lipinski definition) is 4. The van der Waals surface area contributed by atoms with Gasteiger partial charge >= 0.3 is 0 Å². The maximum atomic E-state index is 9.72. The second-order valence-electron chi connectivity index (χ2n) is 4.38. The van der Waals surface area contributed by atoms with Crippen LogP contribution < -0.4 is 0 Å². The quantitative estimate of drug-likeness (QED) is 0.765. The van der Waals surface area contributed by atoms with Crippen LogP contribution in [0.1, 0.15) is 5.56 Å². The number of aromatic nitrogens is 2. The van der Waals surface area contributed by atoms with Crippen molar-refractivity contribution in [2.75, 3.05) is 0 Å². The fraction of sp³-hybridized carbons (Fsp3) is 0.0667. The zero-order chi connectivity index (χ0) is 14.1. The molecule has 0 atom stereocenters. The van der Waals surface area contributed by atoms with Crippen molar-refractivity contribution >= 4 is 15.9 Å². The number of benzene rings is 2. The lowest BCUT2D eigenvalue weighted by atomic mass is 10.1. The van der Waals surface area contributed by atoms with Crippen LogP contribution in [0.25, 0.3) is 22.8 Å². The van der Waals surface area contributed by atoms with Crippen LogP contribution in [0.5, 0.6) is 5.75 Å². The van der Waals surface area contributed by atoms with Gasteiger partial charge < -0.3 is 9.63 Å². The number of hydrogen-bond donors (Lipinski definition) is 1. The van der Waals surface area contributed by atoms with Gasteiger partial charge in [0.2, 0.25) is 5.82 Å². The molecule has 0 amide bonds. The van der Waals surface area contributed by atoms with Gasteiger partial charge in [0.1, 0.15) is 5.75 Å². The van der Waals surface area contributed by atoms with Crippen molar-refractivity contribution in [3.05, 3.63) is 52.5 Å². The minimum absolute atomic E-state index is 0.214. The largest absolute Gasteiger partial charge is 0.508 e. The van der Waals surface area contributed by atoms with Gasteiger partial charge in [-0.15, -0.1) is 0 Å². The average Bonchev–Trinajstić information content (AvgIpc) is 2.92. The average molecular weight is 331 g/mol. The molecule has 1 aromatic heterocycles. The van der Waals surface area contributed by atoms with E-state index in [0.29, 0.717) is 11.7 Å². The minimum Gasteiger partial charge on any atom is -0.508 e. The molecule has 0 saturated carbocycles. The number of phenols is 1. The summed E-state index contributed by atoms with van der Waals surface area (Å²) in [6.45, 7) is 1.81. The summed E-state index contributed by atoms with van der Waals surface area (Å²) in [5.41, 5.74) is 2.33. The van der Waals surface area contributed by atoms with Crippen molar-refractivity contribution in [2.24, 2.45) is 0 Å². The van der Waals surface area contributed by atoms with E-state index in [0.717, 1.165) is 21.2 Å². The molecule has 0 aliphatic heterocycles. The van der Waals surface area contributed by atoms with Gasteiger partial charge in [-0.1, -0.05) is 27.2 Å². The predicted molar refractivity (Wildman–Crippen MR) is 79.3 cm³/mol. The number of phenolic OH excluding ortho intramolecular Hbond substituents is 1. The highest BCUT2D eigenvalue weighted by atomic mass is 79.9. The van der Waals surface area contributed by atoms with Crippen molar-refractivity contribution in [1.29, 1.82) is 0 Å². The topological polar surface area (TPSA) is 59.2 Å². The molecule has 3 rings (SSSR count). The van der Waals surface area contributed by atoms with Crippen LogP contribution in [0.2, 0.25) is 0 Å². The number of nitrogens with zero attached hydrogens (tertiary/aromatic N) is 2. The van der Waals surface area contributed by atoms with E-state index in [1.54, 1.807) is 12.1 Å². The second-order valence-corrected chi connectivity index (χ2v) is 5.30. The smallest absolute Gasteiger partial charge is 0.258 e. The van der Waals surface area contributed by atoms with Crippen molar-refractivity contribution in [3.8, 4) is 28.6 Å². The third-order valence-corrected chi connectivity index (χ3v) is 3.59. The Morgan fingerprint density at radius 2 is 1.85 bits per heavy atom. The third-order valence-electron chi connectivity index (χ3n) is 3.06. The van der Waals surface area contributed by atoms with E-state index in [9.17, 15) is 5.11 Å². The van der Waals surface area contributed by atoms with Crippen LogP contribution in [-0.2, 0) is 0 Å². The van der Waals surface area contributed by atoms with Crippen LogP contribution in [-0.4, -0.2) is 15.2 Å². The number of aromatic hydroxyl groups is 1. The maximum absolute atomic E-state index is 9.72. The summed E-state index contributed by atoms with van der Waals surface area (Å²) >= 11 is 3.39. The molecule has 1 N–H and O–H groups in total. The Morgan fingerprint density at radius 1 is 1.10 bits per heavy atom. The van der Waals surface area contributed by atoms with Gasteiger partial charge in [-0.25, -0.2) is 0 Å². The van der Waals surface area contributed by atoms with E-state index in [-0.39, 0.29) is 5.75 Å². The molecular weight excluding hydrogens is 320 g/mol. The van der Waals surface area contributed by atoms with Gasteiger partial charge in [-0.2, -0.15) is 4.98 Å². The third kappa shape index (κ3) is 2.32. The van der Waals surface area contributed by atoms with E-state index in [1.165, 1.54) is 0 Å². The first kappa shape index (κ1) is 12.9. The first-order valence-electron chi connectivity index (χ1n) is 6.04. The van der Waals surface area contributed by atoms with Gasteiger partial charge in [-0.3, -0.25) is 0 Å². The lowest BCUT2D eigenvalue weighted by molar-refractivity contribution is 0.431. The van der Waals surface area contributed by atoms with Crippen molar-refractivity contribution in [1.82, 2.24) is 10.1 Å². The summed E-state index contributed by atoms with van der Waals surface area (Å²) in [5, 5.41) is 13.7. The van der Waals surface area contributed by atoms with Gasteiger partial charge in [0.05, 0.1) is 0 Å². The maximum Gasteiger partial charge on any atom is 0.258 e. The molecular formula is C15H11BrN2O2. The lowest BCUT2D eigenvalue weighted by Gasteiger charge is -2.01. The van der Waals surface area contributed by atoms with E-state index in [1.807, 2.05) is 37.3 Å². The normalized spacial score (nSPS) is 10.7. The number of rotatable bonds is 2. The zero-order valence-corrected chi connectivity index (χ0v) is 12.3. The van der Waals surface area contributed by atoms with Gasteiger partial charge in [0, 0.05) is 21.2 Å². The Kier molecular flexibility index (Phi) is 3.28. The first-order valence-corrected chi connectivity index (χ1v) is 6.83. The SMILES string of the molecule is Cc1c(O)cccc1-c1nc(-c2ccc(Br)cc2)no1. The van der Waals surface area contributed by atoms with E-state index < -0.39 is 0 Å². The fourth-order valence-electron chi connectivity index (χ4n) is 1.90. The molecule has 0 saturated heterocycles. The lowest BCUT2D eigenvalue weighted by Crippen LogP contribution is -1.84. The Labute approximate surface area is 124 Å². The van der Waals surface area contributed by atoms with Crippen LogP contribution in [0.3, 0.4) is 0 Å². The van der Waals surface area contributed by atoms with Crippen molar-refractivity contribution in [3.63, 3.8) is 0 Å². The van der Waals surface area contributed by atoms with Gasteiger partial charge in [0.15, 0.2) is 0 Å². The Bertz CT molecular complexity index is 751. The number of halogens is 1. The van der Waals surface area contributed by atoms with Crippen LogP contribution in [0.15, 0.2) is 51.5 Å². The molecule has 100 valence electrons.